The van der Waals surface area contributed by atoms with Gasteiger partial charge < -0.3 is 15.0 Å². The van der Waals surface area contributed by atoms with Gasteiger partial charge >= 0.3 is 0 Å². The first-order chi connectivity index (χ1) is 10.6. The number of hydrogen-bond acceptors (Lipinski definition) is 3. The Morgan fingerprint density at radius 2 is 2.23 bits per heavy atom. The molecule has 0 spiro atoms. The highest BCUT2D eigenvalue weighted by atomic mass is 16.5. The van der Waals surface area contributed by atoms with Crippen LogP contribution in [0.2, 0.25) is 0 Å². The molecule has 2 unspecified atom stereocenters. The van der Waals surface area contributed by atoms with Crippen molar-refractivity contribution >= 4 is 5.96 Å². The van der Waals surface area contributed by atoms with Gasteiger partial charge in [0, 0.05) is 32.2 Å². The number of fused-ring (bicyclic) bond motifs is 1. The van der Waals surface area contributed by atoms with E-state index in [0.29, 0.717) is 11.5 Å². The number of morpholine rings is 1. The van der Waals surface area contributed by atoms with E-state index in [9.17, 15) is 0 Å². The van der Waals surface area contributed by atoms with Gasteiger partial charge in [0.15, 0.2) is 5.96 Å². The van der Waals surface area contributed by atoms with Gasteiger partial charge in [-0.25, -0.2) is 0 Å². The first-order valence-corrected chi connectivity index (χ1v) is 8.96. The Morgan fingerprint density at radius 1 is 1.36 bits per heavy atom. The van der Waals surface area contributed by atoms with Crippen molar-refractivity contribution in [3.63, 3.8) is 0 Å². The number of nitrogens with one attached hydrogen (secondary N) is 1. The summed E-state index contributed by atoms with van der Waals surface area (Å²) in [5.74, 6) is 1.07. The van der Waals surface area contributed by atoms with Crippen LogP contribution in [0, 0.1) is 5.41 Å². The number of rotatable bonds is 3. The fourth-order valence-electron chi connectivity index (χ4n) is 3.90. The molecule has 0 saturated carbocycles. The van der Waals surface area contributed by atoms with Crippen molar-refractivity contribution in [3.05, 3.63) is 0 Å². The Morgan fingerprint density at radius 3 is 2.95 bits per heavy atom. The minimum atomic E-state index is 0.263. The molecule has 0 aromatic rings. The summed E-state index contributed by atoms with van der Waals surface area (Å²) in [6.45, 7) is 13.9. The van der Waals surface area contributed by atoms with E-state index in [0.717, 1.165) is 45.3 Å². The van der Waals surface area contributed by atoms with E-state index in [-0.39, 0.29) is 6.10 Å². The summed E-state index contributed by atoms with van der Waals surface area (Å²) >= 11 is 0. The lowest BCUT2D eigenvalue weighted by molar-refractivity contribution is -0.0432. The monoisotopic (exact) mass is 308 g/mol. The van der Waals surface area contributed by atoms with Crippen LogP contribution in [0.3, 0.4) is 0 Å². The van der Waals surface area contributed by atoms with Gasteiger partial charge in [-0.3, -0.25) is 9.89 Å². The van der Waals surface area contributed by atoms with Gasteiger partial charge in [0.2, 0.25) is 0 Å². The molecule has 3 rings (SSSR count). The van der Waals surface area contributed by atoms with Crippen molar-refractivity contribution in [2.24, 2.45) is 10.4 Å². The summed E-state index contributed by atoms with van der Waals surface area (Å²) in [4.78, 5) is 9.88. The predicted molar refractivity (Wildman–Crippen MR) is 90.3 cm³/mol. The maximum absolute atomic E-state index is 6.03. The van der Waals surface area contributed by atoms with Crippen LogP contribution in [-0.4, -0.2) is 73.8 Å². The summed E-state index contributed by atoms with van der Waals surface area (Å²) in [6.07, 6.45) is 4.14. The Labute approximate surface area is 135 Å². The molecule has 0 bridgehead atoms. The van der Waals surface area contributed by atoms with Crippen LogP contribution in [-0.2, 0) is 4.74 Å². The van der Waals surface area contributed by atoms with E-state index >= 15 is 0 Å². The van der Waals surface area contributed by atoms with Gasteiger partial charge in [-0.05, 0) is 38.1 Å². The molecule has 0 aliphatic carbocycles. The van der Waals surface area contributed by atoms with Crippen LogP contribution in [0.4, 0.5) is 0 Å². The average molecular weight is 308 g/mol. The highest BCUT2D eigenvalue weighted by Crippen LogP contribution is 2.28. The summed E-state index contributed by atoms with van der Waals surface area (Å²) in [5.41, 5.74) is 0.403. The van der Waals surface area contributed by atoms with Crippen molar-refractivity contribution < 1.29 is 4.74 Å². The number of hydrogen-bond donors (Lipinski definition) is 1. The lowest BCUT2D eigenvalue weighted by Crippen LogP contribution is -2.48. The number of nitrogens with zero attached hydrogens (tertiary/aromatic N) is 3. The van der Waals surface area contributed by atoms with Gasteiger partial charge in [0.1, 0.15) is 0 Å². The molecule has 0 aromatic heterocycles. The van der Waals surface area contributed by atoms with Crippen LogP contribution < -0.4 is 5.32 Å². The van der Waals surface area contributed by atoms with Gasteiger partial charge in [-0.2, -0.15) is 0 Å². The van der Waals surface area contributed by atoms with E-state index in [1.807, 2.05) is 0 Å². The van der Waals surface area contributed by atoms with E-state index in [1.165, 1.54) is 25.8 Å². The molecule has 126 valence electrons. The zero-order valence-corrected chi connectivity index (χ0v) is 14.5. The minimum Gasteiger partial charge on any atom is -0.373 e. The molecule has 0 aromatic carbocycles. The number of ether oxygens (including phenoxy) is 1. The van der Waals surface area contributed by atoms with Crippen molar-refractivity contribution in [2.75, 3.05) is 45.9 Å². The molecule has 0 amide bonds. The van der Waals surface area contributed by atoms with Crippen LogP contribution in [0.15, 0.2) is 4.99 Å². The van der Waals surface area contributed by atoms with Crippen molar-refractivity contribution in [1.29, 1.82) is 0 Å². The predicted octanol–water partition coefficient (Wildman–Crippen LogP) is 1.55. The lowest BCUT2D eigenvalue weighted by Gasteiger charge is -2.34. The third kappa shape index (κ3) is 3.74. The molecule has 22 heavy (non-hydrogen) atoms. The van der Waals surface area contributed by atoms with Crippen LogP contribution in [0.5, 0.6) is 0 Å². The first-order valence-electron chi connectivity index (χ1n) is 8.96. The van der Waals surface area contributed by atoms with Crippen molar-refractivity contribution in [3.8, 4) is 0 Å². The molecule has 3 fully saturated rings. The number of aliphatic imine (C=N–C) groups is 1. The maximum atomic E-state index is 6.03. The van der Waals surface area contributed by atoms with E-state index in [1.54, 1.807) is 0 Å². The second kappa shape index (κ2) is 6.75. The standard InChI is InChI=1S/C17H32N4O/c1-4-18-16(21-9-7-17(2,3)13-21)19-10-15-11-20-8-5-6-14(20)12-22-15/h14-15H,4-13H2,1-3H3,(H,18,19). The zero-order valence-electron chi connectivity index (χ0n) is 14.5. The quantitative estimate of drug-likeness (QED) is 0.634. The number of guanidine groups is 1. The molecule has 3 aliphatic heterocycles. The summed E-state index contributed by atoms with van der Waals surface area (Å²) in [7, 11) is 0. The third-order valence-electron chi connectivity index (χ3n) is 5.22. The van der Waals surface area contributed by atoms with E-state index in [4.69, 9.17) is 9.73 Å². The van der Waals surface area contributed by atoms with Crippen LogP contribution >= 0.6 is 0 Å². The zero-order chi connectivity index (χ0) is 15.6. The van der Waals surface area contributed by atoms with Crippen LogP contribution in [0.1, 0.15) is 40.0 Å². The van der Waals surface area contributed by atoms with Gasteiger partial charge in [0.05, 0.1) is 19.3 Å². The molecule has 1 N–H and O–H groups in total. The highest BCUT2D eigenvalue weighted by Gasteiger charge is 2.33. The minimum absolute atomic E-state index is 0.263. The molecule has 3 saturated heterocycles. The van der Waals surface area contributed by atoms with Gasteiger partial charge in [-0.15, -0.1) is 0 Å². The lowest BCUT2D eigenvalue weighted by atomic mass is 9.93. The van der Waals surface area contributed by atoms with E-state index < -0.39 is 0 Å². The Kier molecular flexibility index (Phi) is 4.93. The molecular weight excluding hydrogens is 276 g/mol. The SMILES string of the molecule is CCNC(=NCC1CN2CCCC2CO1)N1CCC(C)(C)C1. The second-order valence-electron chi connectivity index (χ2n) is 7.78. The highest BCUT2D eigenvalue weighted by molar-refractivity contribution is 5.80. The molecule has 5 nitrogen and oxygen atoms in total. The third-order valence-corrected chi connectivity index (χ3v) is 5.22. The smallest absolute Gasteiger partial charge is 0.194 e. The molecule has 5 heteroatoms. The molecule has 3 heterocycles. The largest absolute Gasteiger partial charge is 0.373 e. The van der Waals surface area contributed by atoms with Gasteiger partial charge in [0.25, 0.3) is 0 Å². The maximum Gasteiger partial charge on any atom is 0.194 e. The first kappa shape index (κ1) is 16.1. The molecular formula is C17H32N4O. The fourth-order valence-corrected chi connectivity index (χ4v) is 3.90. The van der Waals surface area contributed by atoms with Crippen molar-refractivity contribution in [1.82, 2.24) is 15.1 Å². The Balaban J connectivity index is 1.56. The topological polar surface area (TPSA) is 40.1 Å². The Hall–Kier alpha value is -0.810. The van der Waals surface area contributed by atoms with Crippen LogP contribution in [0.25, 0.3) is 0 Å². The fraction of sp³-hybridized carbons (Fsp3) is 0.941. The summed E-state index contributed by atoms with van der Waals surface area (Å²) < 4.78 is 6.03. The summed E-state index contributed by atoms with van der Waals surface area (Å²) in [6, 6.07) is 0.674. The molecule has 3 aliphatic rings. The second-order valence-corrected chi connectivity index (χ2v) is 7.78. The Bertz CT molecular complexity index is 409. The normalized spacial score (nSPS) is 32.3. The number of likely N-dealkylation sites (tertiary alicyclic amines) is 1. The molecule has 2 atom stereocenters. The van der Waals surface area contributed by atoms with Gasteiger partial charge in [-0.1, -0.05) is 13.8 Å². The summed E-state index contributed by atoms with van der Waals surface area (Å²) in [5, 5.41) is 3.45. The average Bonchev–Trinajstić information content (AvgIpc) is 3.08. The van der Waals surface area contributed by atoms with Crippen molar-refractivity contribution in [2.45, 2.75) is 52.2 Å². The van der Waals surface area contributed by atoms with E-state index in [2.05, 4.69) is 35.9 Å². The molecule has 0 radical (unpaired) electrons.